The standard InChI is InChI=1S/C18H22BrN3S/c19-15-9-4-8-14(12-15)18(13-6-2-1-3-7-13)16-20-10-5-11-22(16)17(23)21-18/h4,8-9,12-13H,1-3,5-7,10-11H2,(H,21,23). The lowest BCUT2D eigenvalue weighted by Crippen LogP contribution is -2.51. The fraction of sp³-hybridized carbons (Fsp3) is 0.556. The smallest absolute Gasteiger partial charge is 0.175 e. The molecule has 4 rings (SSSR count). The molecule has 0 spiro atoms. The van der Waals surface area contributed by atoms with Gasteiger partial charge in [-0.05, 0) is 55.1 Å². The van der Waals surface area contributed by atoms with E-state index in [1.54, 1.807) is 0 Å². The second kappa shape index (κ2) is 6.17. The average Bonchev–Trinajstić information content (AvgIpc) is 2.90. The van der Waals surface area contributed by atoms with Crippen molar-refractivity contribution >= 4 is 39.1 Å². The zero-order valence-corrected chi connectivity index (χ0v) is 15.6. The van der Waals surface area contributed by atoms with Crippen LogP contribution >= 0.6 is 28.1 Å². The summed E-state index contributed by atoms with van der Waals surface area (Å²) in [6.45, 7) is 1.91. The summed E-state index contributed by atoms with van der Waals surface area (Å²) in [5, 5.41) is 4.58. The largest absolute Gasteiger partial charge is 0.346 e. The molecule has 0 aromatic heterocycles. The molecule has 1 N–H and O–H groups in total. The third-order valence-corrected chi connectivity index (χ3v) is 6.27. The molecule has 1 saturated heterocycles. The summed E-state index contributed by atoms with van der Waals surface area (Å²) in [5.74, 6) is 1.73. The van der Waals surface area contributed by atoms with Crippen LogP contribution in [0.1, 0.15) is 44.1 Å². The predicted octanol–water partition coefficient (Wildman–Crippen LogP) is 4.22. The van der Waals surface area contributed by atoms with Crippen molar-refractivity contribution in [2.75, 3.05) is 13.1 Å². The van der Waals surface area contributed by atoms with Crippen molar-refractivity contribution in [1.29, 1.82) is 0 Å². The lowest BCUT2D eigenvalue weighted by molar-refractivity contribution is 0.248. The van der Waals surface area contributed by atoms with Crippen LogP contribution in [0.5, 0.6) is 0 Å². The number of nitrogens with zero attached hydrogens (tertiary/aromatic N) is 2. The molecule has 2 heterocycles. The van der Waals surface area contributed by atoms with Crippen LogP contribution in [0.15, 0.2) is 33.7 Å². The summed E-state index contributed by atoms with van der Waals surface area (Å²) in [7, 11) is 0. The van der Waals surface area contributed by atoms with Crippen LogP contribution in [0.2, 0.25) is 0 Å². The summed E-state index contributed by atoms with van der Waals surface area (Å²) in [5.41, 5.74) is 1.06. The Morgan fingerprint density at radius 1 is 1.22 bits per heavy atom. The topological polar surface area (TPSA) is 27.6 Å². The maximum Gasteiger partial charge on any atom is 0.175 e. The Hall–Kier alpha value is -0.940. The molecule has 23 heavy (non-hydrogen) atoms. The fourth-order valence-corrected chi connectivity index (χ4v) is 5.16. The zero-order chi connectivity index (χ0) is 15.9. The molecule has 122 valence electrons. The lowest BCUT2D eigenvalue weighted by Gasteiger charge is -2.41. The summed E-state index contributed by atoms with van der Waals surface area (Å²) in [6.07, 6.45) is 7.55. The summed E-state index contributed by atoms with van der Waals surface area (Å²) >= 11 is 9.34. The van der Waals surface area contributed by atoms with Crippen LogP contribution in [0.25, 0.3) is 0 Å². The Balaban J connectivity index is 1.87. The zero-order valence-electron chi connectivity index (χ0n) is 13.2. The second-order valence-corrected chi connectivity index (χ2v) is 8.10. The van der Waals surface area contributed by atoms with E-state index in [0.717, 1.165) is 29.1 Å². The molecule has 1 aliphatic carbocycles. The second-order valence-electron chi connectivity index (χ2n) is 6.79. The Bertz CT molecular complexity index is 653. The summed E-state index contributed by atoms with van der Waals surface area (Å²) < 4.78 is 1.12. The minimum absolute atomic E-state index is 0.234. The van der Waals surface area contributed by atoms with Gasteiger partial charge in [-0.1, -0.05) is 47.3 Å². The average molecular weight is 392 g/mol. The van der Waals surface area contributed by atoms with Gasteiger partial charge in [-0.15, -0.1) is 0 Å². The van der Waals surface area contributed by atoms with Crippen LogP contribution < -0.4 is 5.32 Å². The van der Waals surface area contributed by atoms with Crippen LogP contribution in [-0.4, -0.2) is 28.9 Å². The molecule has 0 bridgehead atoms. The van der Waals surface area contributed by atoms with E-state index in [4.69, 9.17) is 17.2 Å². The summed E-state index contributed by atoms with van der Waals surface area (Å²) in [4.78, 5) is 7.20. The first-order valence-corrected chi connectivity index (χ1v) is 9.82. The van der Waals surface area contributed by atoms with Crippen LogP contribution in [0.4, 0.5) is 0 Å². The van der Waals surface area contributed by atoms with Gasteiger partial charge in [0.1, 0.15) is 11.4 Å². The Kier molecular flexibility index (Phi) is 4.18. The molecule has 5 heteroatoms. The quantitative estimate of drug-likeness (QED) is 0.764. The number of thiocarbonyl (C=S) groups is 1. The maximum absolute atomic E-state index is 5.69. The molecule has 2 fully saturated rings. The highest BCUT2D eigenvalue weighted by atomic mass is 79.9. The van der Waals surface area contributed by atoms with Crippen LogP contribution in [-0.2, 0) is 5.54 Å². The maximum atomic E-state index is 5.69. The van der Waals surface area contributed by atoms with Gasteiger partial charge in [-0.3, -0.25) is 4.99 Å². The number of amidine groups is 1. The van der Waals surface area contributed by atoms with Crippen molar-refractivity contribution in [3.05, 3.63) is 34.3 Å². The molecular formula is C18H22BrN3S. The fourth-order valence-electron chi connectivity index (χ4n) is 4.42. The van der Waals surface area contributed by atoms with Crippen molar-refractivity contribution in [2.45, 2.75) is 44.1 Å². The van der Waals surface area contributed by atoms with Gasteiger partial charge in [-0.2, -0.15) is 0 Å². The van der Waals surface area contributed by atoms with E-state index in [2.05, 4.69) is 50.4 Å². The Morgan fingerprint density at radius 3 is 2.83 bits per heavy atom. The van der Waals surface area contributed by atoms with Gasteiger partial charge in [0.15, 0.2) is 5.11 Å². The van der Waals surface area contributed by atoms with Gasteiger partial charge in [0.2, 0.25) is 0 Å². The van der Waals surface area contributed by atoms with E-state index >= 15 is 0 Å². The van der Waals surface area contributed by atoms with Crippen LogP contribution in [0, 0.1) is 5.92 Å². The molecule has 1 aromatic rings. The minimum Gasteiger partial charge on any atom is -0.346 e. The molecule has 3 nitrogen and oxygen atoms in total. The number of halogens is 1. The van der Waals surface area contributed by atoms with E-state index in [-0.39, 0.29) is 5.54 Å². The Labute approximate surface area is 151 Å². The van der Waals surface area contributed by atoms with Gasteiger partial charge in [-0.25, -0.2) is 0 Å². The van der Waals surface area contributed by atoms with Gasteiger partial charge >= 0.3 is 0 Å². The van der Waals surface area contributed by atoms with Gasteiger partial charge in [0, 0.05) is 17.6 Å². The first kappa shape index (κ1) is 15.6. The SMILES string of the molecule is S=C1NC(c2cccc(Br)c2)(C2CCCCC2)C2=NCCCN12. The van der Waals surface area contributed by atoms with E-state index in [1.165, 1.54) is 43.5 Å². The number of rotatable bonds is 2. The highest BCUT2D eigenvalue weighted by molar-refractivity contribution is 9.10. The Morgan fingerprint density at radius 2 is 2.04 bits per heavy atom. The number of hydrogen-bond donors (Lipinski definition) is 1. The van der Waals surface area contributed by atoms with E-state index in [0.29, 0.717) is 5.92 Å². The molecule has 1 aromatic carbocycles. The van der Waals surface area contributed by atoms with Crippen molar-refractivity contribution in [2.24, 2.45) is 10.9 Å². The number of fused-ring (bicyclic) bond motifs is 1. The first-order valence-electron chi connectivity index (χ1n) is 8.62. The monoisotopic (exact) mass is 391 g/mol. The van der Waals surface area contributed by atoms with Crippen molar-refractivity contribution in [3.63, 3.8) is 0 Å². The molecule has 1 saturated carbocycles. The van der Waals surface area contributed by atoms with E-state index in [1.807, 2.05) is 0 Å². The number of hydrogen-bond acceptors (Lipinski definition) is 2. The lowest BCUT2D eigenvalue weighted by atomic mass is 9.70. The molecule has 1 atom stereocenters. The van der Waals surface area contributed by atoms with Crippen molar-refractivity contribution in [3.8, 4) is 0 Å². The van der Waals surface area contributed by atoms with Crippen molar-refractivity contribution < 1.29 is 0 Å². The highest BCUT2D eigenvalue weighted by Crippen LogP contribution is 2.45. The minimum atomic E-state index is -0.234. The van der Waals surface area contributed by atoms with E-state index in [9.17, 15) is 0 Å². The van der Waals surface area contributed by atoms with Crippen LogP contribution in [0.3, 0.4) is 0 Å². The van der Waals surface area contributed by atoms with Gasteiger partial charge in [0.05, 0.1) is 0 Å². The third kappa shape index (κ3) is 2.52. The number of nitrogens with one attached hydrogen (secondary N) is 1. The molecule has 1 unspecified atom stereocenters. The van der Waals surface area contributed by atoms with Gasteiger partial charge < -0.3 is 10.2 Å². The van der Waals surface area contributed by atoms with Crippen molar-refractivity contribution in [1.82, 2.24) is 10.2 Å². The molecule has 3 aliphatic rings. The van der Waals surface area contributed by atoms with E-state index < -0.39 is 0 Å². The molecule has 2 aliphatic heterocycles. The molecular weight excluding hydrogens is 370 g/mol. The molecule has 0 radical (unpaired) electrons. The first-order chi connectivity index (χ1) is 11.2. The normalized spacial score (nSPS) is 28.3. The third-order valence-electron chi connectivity index (χ3n) is 5.46. The van der Waals surface area contributed by atoms with Gasteiger partial charge in [0.25, 0.3) is 0 Å². The highest BCUT2D eigenvalue weighted by Gasteiger charge is 2.53. The number of benzene rings is 1. The summed E-state index contributed by atoms with van der Waals surface area (Å²) in [6, 6.07) is 8.69. The number of aliphatic imine (C=N–C) groups is 1. The predicted molar refractivity (Wildman–Crippen MR) is 102 cm³/mol. The molecule has 0 amide bonds.